The van der Waals surface area contributed by atoms with E-state index in [0.29, 0.717) is 0 Å². The molecule has 0 aliphatic rings. The predicted octanol–water partition coefficient (Wildman–Crippen LogP) is 7.59. The first-order valence-electron chi connectivity index (χ1n) is 8.56. The molecule has 0 nitrogen and oxygen atoms in total. The standard InChI is InChI=1S/C22H28Br2/c1-21(2,3)17-11-9-15(19(23)13-17)7-8-16-10-12-18(14-20(16)24)22(4,5)6/h9-14H,7-8H2,1-6H3. The van der Waals surface area contributed by atoms with Crippen LogP contribution in [-0.4, -0.2) is 0 Å². The highest BCUT2D eigenvalue weighted by molar-refractivity contribution is 9.10. The molecule has 0 bridgehead atoms. The summed E-state index contributed by atoms with van der Waals surface area (Å²) in [5, 5.41) is 0. The second-order valence-corrected chi connectivity index (χ2v) is 10.3. The van der Waals surface area contributed by atoms with Gasteiger partial charge in [0.2, 0.25) is 0 Å². The summed E-state index contributed by atoms with van der Waals surface area (Å²) in [6.45, 7) is 13.5. The zero-order valence-corrected chi connectivity index (χ0v) is 18.8. The van der Waals surface area contributed by atoms with Crippen molar-refractivity contribution in [3.8, 4) is 0 Å². The van der Waals surface area contributed by atoms with E-state index in [9.17, 15) is 0 Å². The van der Waals surface area contributed by atoms with Gasteiger partial charge in [0.25, 0.3) is 0 Å². The van der Waals surface area contributed by atoms with Crippen LogP contribution in [0.2, 0.25) is 0 Å². The highest BCUT2D eigenvalue weighted by Crippen LogP contribution is 2.30. The van der Waals surface area contributed by atoms with Crippen LogP contribution in [0.25, 0.3) is 0 Å². The lowest BCUT2D eigenvalue weighted by Gasteiger charge is -2.21. The fourth-order valence-electron chi connectivity index (χ4n) is 2.70. The maximum atomic E-state index is 3.76. The largest absolute Gasteiger partial charge is 0.0582 e. The average Bonchev–Trinajstić information content (AvgIpc) is 2.45. The smallest absolute Gasteiger partial charge is 0.0210 e. The van der Waals surface area contributed by atoms with Gasteiger partial charge in [0.15, 0.2) is 0 Å². The van der Waals surface area contributed by atoms with E-state index in [0.717, 1.165) is 12.8 Å². The van der Waals surface area contributed by atoms with Gasteiger partial charge in [-0.2, -0.15) is 0 Å². The number of aryl methyl sites for hydroxylation is 2. The lowest BCUT2D eigenvalue weighted by atomic mass is 9.85. The van der Waals surface area contributed by atoms with Crippen molar-refractivity contribution < 1.29 is 0 Å². The first kappa shape index (κ1) is 19.7. The lowest BCUT2D eigenvalue weighted by molar-refractivity contribution is 0.589. The number of hydrogen-bond acceptors (Lipinski definition) is 0. The average molecular weight is 452 g/mol. The van der Waals surface area contributed by atoms with Gasteiger partial charge >= 0.3 is 0 Å². The van der Waals surface area contributed by atoms with Crippen LogP contribution in [0, 0.1) is 0 Å². The van der Waals surface area contributed by atoms with Gasteiger partial charge < -0.3 is 0 Å². The van der Waals surface area contributed by atoms with Crippen LogP contribution in [0.5, 0.6) is 0 Å². The molecule has 0 unspecified atom stereocenters. The number of hydrogen-bond donors (Lipinski definition) is 0. The van der Waals surface area contributed by atoms with E-state index in [1.54, 1.807) is 0 Å². The first-order chi connectivity index (χ1) is 11.0. The first-order valence-corrected chi connectivity index (χ1v) is 10.1. The molecule has 0 radical (unpaired) electrons. The van der Waals surface area contributed by atoms with Crippen molar-refractivity contribution in [3.63, 3.8) is 0 Å². The molecule has 0 N–H and O–H groups in total. The van der Waals surface area contributed by atoms with Gasteiger partial charge in [-0.1, -0.05) is 97.7 Å². The van der Waals surface area contributed by atoms with Crippen LogP contribution in [0.1, 0.15) is 63.8 Å². The molecule has 130 valence electrons. The zero-order chi connectivity index (χ0) is 18.1. The normalized spacial score (nSPS) is 12.5. The van der Waals surface area contributed by atoms with E-state index in [1.807, 2.05) is 0 Å². The molecule has 0 heterocycles. The Hall–Kier alpha value is -0.600. The van der Waals surface area contributed by atoms with Crippen molar-refractivity contribution >= 4 is 31.9 Å². The Morgan fingerprint density at radius 3 is 1.21 bits per heavy atom. The van der Waals surface area contributed by atoms with Crippen molar-refractivity contribution in [2.45, 2.75) is 65.2 Å². The molecule has 0 fully saturated rings. The van der Waals surface area contributed by atoms with Crippen LogP contribution >= 0.6 is 31.9 Å². The molecule has 0 atom stereocenters. The van der Waals surface area contributed by atoms with Crippen LogP contribution in [0.3, 0.4) is 0 Å². The Balaban J connectivity index is 2.14. The Morgan fingerprint density at radius 1 is 0.625 bits per heavy atom. The summed E-state index contributed by atoms with van der Waals surface area (Å²) < 4.78 is 2.44. The van der Waals surface area contributed by atoms with Gasteiger partial charge in [-0.15, -0.1) is 0 Å². The summed E-state index contributed by atoms with van der Waals surface area (Å²) in [6, 6.07) is 13.6. The van der Waals surface area contributed by atoms with E-state index in [4.69, 9.17) is 0 Å². The highest BCUT2D eigenvalue weighted by Gasteiger charge is 2.16. The Bertz CT molecular complexity index is 652. The molecule has 0 aliphatic carbocycles. The molecular weight excluding hydrogens is 424 g/mol. The molecule has 0 saturated heterocycles. The molecule has 2 rings (SSSR count). The SMILES string of the molecule is CC(C)(C)c1ccc(CCc2ccc(C(C)(C)C)cc2Br)c(Br)c1. The Labute approximate surface area is 164 Å². The van der Waals surface area contributed by atoms with Gasteiger partial charge in [-0.05, 0) is 58.1 Å². The third-order valence-corrected chi connectivity index (χ3v) is 5.98. The highest BCUT2D eigenvalue weighted by atomic mass is 79.9. The van der Waals surface area contributed by atoms with E-state index < -0.39 is 0 Å². The minimum absolute atomic E-state index is 0.187. The molecule has 0 saturated carbocycles. The van der Waals surface area contributed by atoms with Crippen molar-refractivity contribution in [3.05, 3.63) is 67.6 Å². The van der Waals surface area contributed by atoms with E-state index >= 15 is 0 Å². The van der Waals surface area contributed by atoms with Crippen molar-refractivity contribution in [1.82, 2.24) is 0 Å². The predicted molar refractivity (Wildman–Crippen MR) is 113 cm³/mol. The molecule has 2 aromatic carbocycles. The fraction of sp³-hybridized carbons (Fsp3) is 0.455. The van der Waals surface area contributed by atoms with Crippen molar-refractivity contribution in [1.29, 1.82) is 0 Å². The molecular formula is C22H28Br2. The Kier molecular flexibility index (Phi) is 6.03. The molecule has 2 heteroatoms. The third-order valence-electron chi connectivity index (χ3n) is 4.50. The van der Waals surface area contributed by atoms with Gasteiger partial charge in [-0.3, -0.25) is 0 Å². The van der Waals surface area contributed by atoms with Crippen molar-refractivity contribution in [2.75, 3.05) is 0 Å². The third kappa shape index (κ3) is 4.95. The summed E-state index contributed by atoms with van der Waals surface area (Å²) in [5.41, 5.74) is 5.85. The van der Waals surface area contributed by atoms with Gasteiger partial charge in [-0.25, -0.2) is 0 Å². The van der Waals surface area contributed by atoms with Gasteiger partial charge in [0.1, 0.15) is 0 Å². The maximum Gasteiger partial charge on any atom is 0.0210 e. The van der Waals surface area contributed by atoms with Crippen LogP contribution in [0.4, 0.5) is 0 Å². The minimum atomic E-state index is 0.187. The van der Waals surface area contributed by atoms with Crippen LogP contribution in [-0.2, 0) is 23.7 Å². The molecule has 0 spiro atoms. The summed E-state index contributed by atoms with van der Waals surface area (Å²) in [7, 11) is 0. The topological polar surface area (TPSA) is 0 Å². The Morgan fingerprint density at radius 2 is 0.958 bits per heavy atom. The summed E-state index contributed by atoms with van der Waals surface area (Å²) in [6.07, 6.45) is 2.08. The number of rotatable bonds is 3. The van der Waals surface area contributed by atoms with Crippen molar-refractivity contribution in [2.24, 2.45) is 0 Å². The molecule has 0 aliphatic heterocycles. The maximum absolute atomic E-state index is 3.76. The second-order valence-electron chi connectivity index (χ2n) is 8.61. The zero-order valence-electron chi connectivity index (χ0n) is 15.6. The number of halogens is 2. The molecule has 0 amide bonds. The summed E-state index contributed by atoms with van der Waals surface area (Å²) >= 11 is 7.52. The summed E-state index contributed by atoms with van der Waals surface area (Å²) in [5.74, 6) is 0. The van der Waals surface area contributed by atoms with E-state index in [-0.39, 0.29) is 10.8 Å². The lowest BCUT2D eigenvalue weighted by Crippen LogP contribution is -2.11. The van der Waals surface area contributed by atoms with E-state index in [2.05, 4.69) is 110 Å². The molecule has 0 aromatic heterocycles. The quantitative estimate of drug-likeness (QED) is 0.450. The van der Waals surface area contributed by atoms with Crippen LogP contribution in [0.15, 0.2) is 45.3 Å². The molecule has 2 aromatic rings. The fourth-order valence-corrected chi connectivity index (χ4v) is 3.86. The monoisotopic (exact) mass is 450 g/mol. The second kappa shape index (κ2) is 7.33. The van der Waals surface area contributed by atoms with Gasteiger partial charge in [0, 0.05) is 8.95 Å². The summed E-state index contributed by atoms with van der Waals surface area (Å²) in [4.78, 5) is 0. The number of benzene rings is 2. The van der Waals surface area contributed by atoms with Crippen LogP contribution < -0.4 is 0 Å². The van der Waals surface area contributed by atoms with E-state index in [1.165, 1.54) is 31.2 Å². The minimum Gasteiger partial charge on any atom is -0.0582 e. The van der Waals surface area contributed by atoms with Gasteiger partial charge in [0.05, 0.1) is 0 Å². The molecule has 24 heavy (non-hydrogen) atoms.